The molecule has 0 fully saturated rings. The van der Waals surface area contributed by atoms with Gasteiger partial charge in [0.05, 0.1) is 117 Å². The Bertz CT molecular complexity index is 7000. The van der Waals surface area contributed by atoms with Crippen LogP contribution in [0.15, 0.2) is 303 Å². The largest absolute Gasteiger partial charge is 0.416 e. The Labute approximate surface area is 671 Å². The first-order chi connectivity index (χ1) is 57.8. The van der Waals surface area contributed by atoms with E-state index in [-0.39, 0.29) is 75.9 Å². The molecule has 24 heteroatoms. The second kappa shape index (κ2) is 26.8. The maximum Gasteiger partial charge on any atom is 0.416 e. The van der Waals surface area contributed by atoms with Crippen molar-refractivity contribution < 1.29 is 79.0 Å². The number of alkyl halides is 18. The van der Waals surface area contributed by atoms with Crippen molar-refractivity contribution in [1.82, 2.24) is 22.8 Å². The standard InChI is InChI=1S/C97H50F18N6/c98-92(99,100)60-25-31-66-67-32-26-61(93(101,102)103)46-82(67)119(81(66)45-60)87-76(51-116)88(120-83-47-62(94(104,105)106)27-33-68(83)69-34-28-63(48-84(69)120)95(107,108)109)90(118-79-39-23-58(54-17-9-3-10-18-54)43-74(79)75-44-59(24-40-80(75)118)55-19-11-4-12-20-55)91(121-85-49-64(96(110,111)112)29-35-70(85)71-36-30-65(50-86(71)121)97(113,114)115)89(87)117-77-37-21-56(52-13-5-1-6-14-52)41-72(77)73-42-57(22-38-78(73)117)53-15-7-2-8-16-53/h1-50H. The van der Waals surface area contributed by atoms with Gasteiger partial charge in [-0.2, -0.15) is 84.3 Å². The van der Waals surface area contributed by atoms with Crippen molar-refractivity contribution in [3.05, 3.63) is 342 Å². The summed E-state index contributed by atoms with van der Waals surface area (Å²) in [5.74, 6) is 0. The summed E-state index contributed by atoms with van der Waals surface area (Å²) < 4.78 is 298. The predicted octanol–water partition coefficient (Wildman–Crippen LogP) is 29.8. The fraction of sp³-hybridized carbons (Fsp3) is 0.0619. The lowest BCUT2D eigenvalue weighted by Gasteiger charge is -2.30. The lowest BCUT2D eigenvalue weighted by Crippen LogP contribution is -2.19. The number of nitrogens with zero attached hydrogens (tertiary/aromatic N) is 6. The summed E-state index contributed by atoms with van der Waals surface area (Å²) in [6, 6.07) is 70.7. The summed E-state index contributed by atoms with van der Waals surface area (Å²) in [6.07, 6.45) is -32.0. The van der Waals surface area contributed by atoms with Crippen LogP contribution >= 0.6 is 0 Å². The highest BCUT2D eigenvalue weighted by Gasteiger charge is 2.43. The van der Waals surface area contributed by atoms with Crippen LogP contribution in [0.5, 0.6) is 0 Å². The molecule has 0 atom stereocenters. The van der Waals surface area contributed by atoms with Gasteiger partial charge in [-0.3, -0.25) is 0 Å². The lowest BCUT2D eigenvalue weighted by molar-refractivity contribution is -0.138. The predicted molar refractivity (Wildman–Crippen MR) is 435 cm³/mol. The third-order valence-corrected chi connectivity index (χ3v) is 22.8. The second-order valence-electron chi connectivity index (χ2n) is 29.7. The molecule has 6 nitrogen and oxygen atoms in total. The smallest absolute Gasteiger partial charge is 0.306 e. The molecule has 15 aromatic carbocycles. The molecule has 20 rings (SSSR count). The van der Waals surface area contributed by atoms with E-state index in [9.17, 15) is 5.26 Å². The Balaban J connectivity index is 1.17. The van der Waals surface area contributed by atoms with E-state index in [1.165, 1.54) is 9.13 Å². The number of fused-ring (bicyclic) bond motifs is 15. The first-order valence-electron chi connectivity index (χ1n) is 37.5. The quantitative estimate of drug-likeness (QED) is 0.133. The van der Waals surface area contributed by atoms with Gasteiger partial charge in [-0.25, -0.2) is 0 Å². The summed E-state index contributed by atoms with van der Waals surface area (Å²) in [5.41, 5.74) is -12.8. The van der Waals surface area contributed by atoms with E-state index in [0.717, 1.165) is 50.1 Å². The molecule has 0 unspecified atom stereocenters. The number of hydrogen-bond acceptors (Lipinski definition) is 1. The summed E-state index contributed by atoms with van der Waals surface area (Å²) in [5, 5.41) is 13.1. The summed E-state index contributed by atoms with van der Waals surface area (Å²) in [4.78, 5) is 0. The van der Waals surface area contributed by atoms with Gasteiger partial charge >= 0.3 is 37.1 Å². The van der Waals surface area contributed by atoms with Gasteiger partial charge in [-0.15, -0.1) is 0 Å². The monoisotopic (exact) mass is 1640 g/mol. The van der Waals surface area contributed by atoms with Gasteiger partial charge in [-0.05, 0) is 166 Å². The van der Waals surface area contributed by atoms with Crippen LogP contribution in [0, 0.1) is 11.3 Å². The molecule has 0 saturated heterocycles. The minimum atomic E-state index is -5.34. The fourth-order valence-electron chi connectivity index (χ4n) is 17.5. The first kappa shape index (κ1) is 75.3. The molecular formula is C97H50F18N6. The summed E-state index contributed by atoms with van der Waals surface area (Å²) in [7, 11) is 0. The van der Waals surface area contributed by atoms with Gasteiger partial charge < -0.3 is 22.8 Å². The van der Waals surface area contributed by atoms with Crippen molar-refractivity contribution in [2.24, 2.45) is 0 Å². The summed E-state index contributed by atoms with van der Waals surface area (Å²) >= 11 is 0. The van der Waals surface area contributed by atoms with E-state index < -0.39 is 138 Å². The highest BCUT2D eigenvalue weighted by molar-refractivity contribution is 6.20. The number of aromatic nitrogens is 5. The topological polar surface area (TPSA) is 48.4 Å². The van der Waals surface area contributed by atoms with E-state index in [4.69, 9.17) is 0 Å². The van der Waals surface area contributed by atoms with Crippen LogP contribution < -0.4 is 0 Å². The molecule has 0 N–H and O–H groups in total. The zero-order valence-electron chi connectivity index (χ0n) is 61.9. The average molecular weight is 1640 g/mol. The highest BCUT2D eigenvalue weighted by Crippen LogP contribution is 2.55. The SMILES string of the molecule is N#Cc1c(-n2c3cc(C(F)(F)F)ccc3c3ccc(C(F)(F)F)cc32)c(-n2c3ccc(-c4ccccc4)cc3c3cc(-c4ccccc4)ccc32)c(-n2c3cc(C(F)(F)F)ccc3c3ccc(C(F)(F)F)cc32)c(-n2c3ccc(-c4ccccc4)cc3c3cc(-c4ccccc4)ccc32)c1-n1c2cc(C(F)(F)F)ccc2c2ccc(C(F)(F)F)cc21. The van der Waals surface area contributed by atoms with Crippen molar-refractivity contribution in [1.29, 1.82) is 5.26 Å². The Morgan fingerprint density at radius 1 is 0.174 bits per heavy atom. The van der Waals surface area contributed by atoms with Crippen LogP contribution in [0.1, 0.15) is 38.9 Å². The molecule has 5 heterocycles. The maximum atomic E-state index is 16.4. The third kappa shape index (κ3) is 12.1. The molecular weight excluding hydrogens is 1590 g/mol. The molecule has 0 amide bonds. The number of benzene rings is 15. The lowest BCUT2D eigenvalue weighted by atomic mass is 10.00. The van der Waals surface area contributed by atoms with Gasteiger partial charge in [-0.1, -0.05) is 182 Å². The molecule has 0 spiro atoms. The van der Waals surface area contributed by atoms with Crippen LogP contribution in [-0.4, -0.2) is 22.8 Å². The van der Waals surface area contributed by atoms with Gasteiger partial charge in [0.2, 0.25) is 0 Å². The van der Waals surface area contributed by atoms with E-state index >= 15 is 79.0 Å². The molecule has 0 aliphatic rings. The average Bonchev–Trinajstić information content (AvgIpc) is 1.52. The van der Waals surface area contributed by atoms with Crippen LogP contribution in [0.4, 0.5) is 79.0 Å². The Morgan fingerprint density at radius 2 is 0.355 bits per heavy atom. The van der Waals surface area contributed by atoms with Crippen molar-refractivity contribution in [3.63, 3.8) is 0 Å². The van der Waals surface area contributed by atoms with Crippen molar-refractivity contribution >= 4 is 109 Å². The van der Waals surface area contributed by atoms with Crippen LogP contribution in [0.25, 0.3) is 182 Å². The van der Waals surface area contributed by atoms with Crippen molar-refractivity contribution in [2.45, 2.75) is 37.1 Å². The van der Waals surface area contributed by atoms with Crippen LogP contribution in [0.3, 0.4) is 0 Å². The molecule has 0 radical (unpaired) electrons. The molecule has 5 aromatic heterocycles. The normalized spacial score (nSPS) is 12.9. The van der Waals surface area contributed by atoms with Crippen LogP contribution in [0.2, 0.25) is 0 Å². The van der Waals surface area contributed by atoms with Crippen molar-refractivity contribution in [2.75, 3.05) is 0 Å². The minimum Gasteiger partial charge on any atom is -0.306 e. The van der Waals surface area contributed by atoms with Gasteiger partial charge in [0.15, 0.2) is 0 Å². The number of rotatable bonds is 9. The molecule has 0 bridgehead atoms. The molecule has 0 saturated carbocycles. The Hall–Kier alpha value is -14.5. The zero-order chi connectivity index (χ0) is 84.0. The Morgan fingerprint density at radius 3 is 0.545 bits per heavy atom. The van der Waals surface area contributed by atoms with E-state index in [1.54, 1.807) is 194 Å². The number of halogens is 18. The molecule has 121 heavy (non-hydrogen) atoms. The van der Waals surface area contributed by atoms with Crippen LogP contribution in [-0.2, 0) is 37.1 Å². The first-order valence-corrected chi connectivity index (χ1v) is 37.5. The second-order valence-corrected chi connectivity index (χ2v) is 29.7. The molecule has 20 aromatic rings. The summed E-state index contributed by atoms with van der Waals surface area (Å²) in [6.45, 7) is 0. The molecule has 594 valence electrons. The maximum absolute atomic E-state index is 16.4. The zero-order valence-corrected chi connectivity index (χ0v) is 61.9. The van der Waals surface area contributed by atoms with Gasteiger partial charge in [0.25, 0.3) is 0 Å². The third-order valence-electron chi connectivity index (χ3n) is 22.8. The number of hydrogen-bond donors (Lipinski definition) is 0. The van der Waals surface area contributed by atoms with E-state index in [0.29, 0.717) is 117 Å². The molecule has 0 aliphatic heterocycles. The number of nitriles is 1. The van der Waals surface area contributed by atoms with Gasteiger partial charge in [0, 0.05) is 53.9 Å². The van der Waals surface area contributed by atoms with Crippen molar-refractivity contribution in [3.8, 4) is 79.0 Å². The minimum absolute atomic E-state index is 0.0224. The fourth-order valence-corrected chi connectivity index (χ4v) is 17.5. The van der Waals surface area contributed by atoms with Gasteiger partial charge in [0.1, 0.15) is 11.6 Å². The Kier molecular flexibility index (Phi) is 16.7. The molecule has 0 aliphatic carbocycles. The highest BCUT2D eigenvalue weighted by atomic mass is 19.4. The van der Waals surface area contributed by atoms with E-state index in [1.807, 2.05) is 0 Å². The van der Waals surface area contributed by atoms with E-state index in [2.05, 4.69) is 6.07 Å².